The van der Waals surface area contributed by atoms with Gasteiger partial charge in [-0.1, -0.05) is 18.2 Å². The van der Waals surface area contributed by atoms with Crippen LogP contribution in [0.5, 0.6) is 5.75 Å². The summed E-state index contributed by atoms with van der Waals surface area (Å²) in [5, 5.41) is 0. The molecule has 1 aromatic carbocycles. The van der Waals surface area contributed by atoms with E-state index in [1.165, 1.54) is 5.56 Å². The summed E-state index contributed by atoms with van der Waals surface area (Å²) in [7, 11) is 0. The summed E-state index contributed by atoms with van der Waals surface area (Å²) in [4.78, 5) is 2.46. The molecule has 0 bridgehead atoms. The number of alkyl halides is 1. The second-order valence-electron chi connectivity index (χ2n) is 5.18. The minimum Gasteiger partial charge on any atom is -0.488 e. The monoisotopic (exact) mass is 267 g/mol. The Bertz CT molecular complexity index is 356. The molecule has 1 unspecified atom stereocenters. The summed E-state index contributed by atoms with van der Waals surface area (Å²) in [6.45, 7) is 6.51. The van der Waals surface area contributed by atoms with Crippen molar-refractivity contribution in [3.63, 3.8) is 0 Å². The first-order chi connectivity index (χ1) is 8.70. The fourth-order valence-corrected chi connectivity index (χ4v) is 2.56. The first-order valence-corrected chi connectivity index (χ1v) is 7.28. The number of benzene rings is 1. The molecule has 1 atom stereocenters. The van der Waals surface area contributed by atoms with E-state index in [0.29, 0.717) is 12.1 Å². The van der Waals surface area contributed by atoms with Crippen LogP contribution in [0.2, 0.25) is 0 Å². The van der Waals surface area contributed by atoms with Gasteiger partial charge in [-0.25, -0.2) is 0 Å². The van der Waals surface area contributed by atoms with Crippen LogP contribution in [0.3, 0.4) is 0 Å². The lowest BCUT2D eigenvalue weighted by molar-refractivity contribution is 0.128. The molecule has 18 heavy (non-hydrogen) atoms. The average Bonchev–Trinajstić information content (AvgIpc) is 2.76. The zero-order chi connectivity index (χ0) is 13.0. The highest BCUT2D eigenvalue weighted by Gasteiger charge is 2.25. The molecule has 3 heteroatoms. The van der Waals surface area contributed by atoms with E-state index in [2.05, 4.69) is 36.9 Å². The molecule has 0 spiro atoms. The van der Waals surface area contributed by atoms with Crippen LogP contribution in [-0.2, 0) is 6.42 Å². The molecule has 100 valence electrons. The second-order valence-corrected chi connectivity index (χ2v) is 5.56. The molecule has 0 aliphatic carbocycles. The minimum atomic E-state index is 0.292. The number of hydrogen-bond donors (Lipinski definition) is 0. The molecule has 0 fully saturated rings. The van der Waals surface area contributed by atoms with Crippen molar-refractivity contribution in [2.75, 3.05) is 19.0 Å². The molecule has 1 aliphatic heterocycles. The van der Waals surface area contributed by atoms with Crippen LogP contribution in [0.1, 0.15) is 25.8 Å². The summed E-state index contributed by atoms with van der Waals surface area (Å²) < 4.78 is 5.99. The fourth-order valence-electron chi connectivity index (χ4n) is 2.44. The van der Waals surface area contributed by atoms with Crippen molar-refractivity contribution < 1.29 is 4.74 Å². The number of para-hydroxylation sites is 1. The predicted molar refractivity (Wildman–Crippen MR) is 76.6 cm³/mol. The van der Waals surface area contributed by atoms with Crippen LogP contribution >= 0.6 is 11.6 Å². The second kappa shape index (κ2) is 6.44. The van der Waals surface area contributed by atoms with Crippen molar-refractivity contribution in [1.29, 1.82) is 0 Å². The molecule has 0 amide bonds. The maximum atomic E-state index is 5.99. The average molecular weight is 268 g/mol. The number of nitrogens with zero attached hydrogens (tertiary/aromatic N) is 1. The van der Waals surface area contributed by atoms with Gasteiger partial charge in [-0.05, 0) is 38.4 Å². The Kier molecular flexibility index (Phi) is 4.90. The lowest BCUT2D eigenvalue weighted by Gasteiger charge is -2.28. The Labute approximate surface area is 115 Å². The minimum absolute atomic E-state index is 0.292. The zero-order valence-corrected chi connectivity index (χ0v) is 12.0. The van der Waals surface area contributed by atoms with Gasteiger partial charge < -0.3 is 4.74 Å². The van der Waals surface area contributed by atoms with E-state index in [0.717, 1.165) is 37.6 Å². The van der Waals surface area contributed by atoms with E-state index in [4.69, 9.17) is 16.3 Å². The van der Waals surface area contributed by atoms with Gasteiger partial charge in [0.05, 0.1) is 0 Å². The van der Waals surface area contributed by atoms with Crippen LogP contribution < -0.4 is 4.74 Å². The molecule has 0 saturated carbocycles. The Morgan fingerprint density at radius 3 is 2.83 bits per heavy atom. The Balaban J connectivity index is 1.90. The highest BCUT2D eigenvalue weighted by atomic mass is 35.5. The maximum Gasteiger partial charge on any atom is 0.123 e. The van der Waals surface area contributed by atoms with E-state index in [1.54, 1.807) is 0 Å². The van der Waals surface area contributed by atoms with Crippen LogP contribution in [0.15, 0.2) is 24.3 Å². The lowest BCUT2D eigenvalue weighted by Crippen LogP contribution is -2.40. The van der Waals surface area contributed by atoms with Gasteiger partial charge >= 0.3 is 0 Å². The first kappa shape index (κ1) is 13.7. The van der Waals surface area contributed by atoms with Crippen molar-refractivity contribution in [2.24, 2.45) is 0 Å². The van der Waals surface area contributed by atoms with Crippen LogP contribution in [0, 0.1) is 0 Å². The summed E-state index contributed by atoms with van der Waals surface area (Å²) >= 11 is 5.78. The predicted octanol–water partition coefficient (Wildman–Crippen LogP) is 3.33. The molecule has 1 heterocycles. The van der Waals surface area contributed by atoms with Gasteiger partial charge in [-0.15, -0.1) is 11.6 Å². The maximum absolute atomic E-state index is 5.99. The molecular formula is C15H22ClNO. The standard InChI is InChI=1S/C15H22ClNO/c1-12(2)17(9-5-8-16)11-14-10-13-6-3-4-7-15(13)18-14/h3-4,6-7,12,14H,5,8-11H2,1-2H3. The Morgan fingerprint density at radius 2 is 2.17 bits per heavy atom. The van der Waals surface area contributed by atoms with Crippen molar-refractivity contribution in [3.8, 4) is 5.75 Å². The number of hydrogen-bond acceptors (Lipinski definition) is 2. The van der Waals surface area contributed by atoms with Crippen molar-refractivity contribution >= 4 is 11.6 Å². The SMILES string of the molecule is CC(C)N(CCCCl)CC1Cc2ccccc2O1. The van der Waals surface area contributed by atoms with Gasteiger partial charge in [0, 0.05) is 24.9 Å². The van der Waals surface area contributed by atoms with Gasteiger partial charge in [0.1, 0.15) is 11.9 Å². The molecular weight excluding hydrogens is 246 g/mol. The topological polar surface area (TPSA) is 12.5 Å². The van der Waals surface area contributed by atoms with Gasteiger partial charge in [0.15, 0.2) is 0 Å². The zero-order valence-electron chi connectivity index (χ0n) is 11.2. The molecule has 1 aromatic rings. The molecule has 0 saturated heterocycles. The highest BCUT2D eigenvalue weighted by Crippen LogP contribution is 2.28. The molecule has 0 N–H and O–H groups in total. The summed E-state index contributed by atoms with van der Waals surface area (Å²) in [5.41, 5.74) is 1.34. The number of rotatable bonds is 6. The van der Waals surface area contributed by atoms with Gasteiger partial charge in [0.2, 0.25) is 0 Å². The summed E-state index contributed by atoms with van der Waals surface area (Å²) in [6.07, 6.45) is 2.36. The molecule has 2 nitrogen and oxygen atoms in total. The van der Waals surface area contributed by atoms with E-state index in [-0.39, 0.29) is 0 Å². The van der Waals surface area contributed by atoms with E-state index < -0.39 is 0 Å². The van der Waals surface area contributed by atoms with E-state index in [1.807, 2.05) is 6.07 Å². The smallest absolute Gasteiger partial charge is 0.123 e. The van der Waals surface area contributed by atoms with Gasteiger partial charge in [0.25, 0.3) is 0 Å². The van der Waals surface area contributed by atoms with Gasteiger partial charge in [-0.2, -0.15) is 0 Å². The molecule has 0 radical (unpaired) electrons. The van der Waals surface area contributed by atoms with Crippen molar-refractivity contribution in [3.05, 3.63) is 29.8 Å². The summed E-state index contributed by atoms with van der Waals surface area (Å²) in [6, 6.07) is 8.88. The Morgan fingerprint density at radius 1 is 1.39 bits per heavy atom. The first-order valence-electron chi connectivity index (χ1n) is 6.75. The van der Waals surface area contributed by atoms with Gasteiger partial charge in [-0.3, -0.25) is 4.90 Å². The lowest BCUT2D eigenvalue weighted by atomic mass is 10.1. The highest BCUT2D eigenvalue weighted by molar-refractivity contribution is 6.17. The third kappa shape index (κ3) is 3.39. The number of halogens is 1. The summed E-state index contributed by atoms with van der Waals surface area (Å²) in [5.74, 6) is 1.79. The van der Waals surface area contributed by atoms with E-state index >= 15 is 0 Å². The third-order valence-corrected chi connectivity index (χ3v) is 3.73. The molecule has 2 rings (SSSR count). The normalized spacial score (nSPS) is 18.2. The molecule has 1 aliphatic rings. The van der Waals surface area contributed by atoms with Crippen LogP contribution in [-0.4, -0.2) is 36.0 Å². The number of ether oxygens (including phenoxy) is 1. The van der Waals surface area contributed by atoms with Crippen LogP contribution in [0.4, 0.5) is 0 Å². The van der Waals surface area contributed by atoms with E-state index in [9.17, 15) is 0 Å². The van der Waals surface area contributed by atoms with Crippen LogP contribution in [0.25, 0.3) is 0 Å². The third-order valence-electron chi connectivity index (χ3n) is 3.46. The fraction of sp³-hybridized carbons (Fsp3) is 0.600. The Hall–Kier alpha value is -0.730. The quantitative estimate of drug-likeness (QED) is 0.733. The van der Waals surface area contributed by atoms with Crippen molar-refractivity contribution in [2.45, 2.75) is 38.8 Å². The largest absolute Gasteiger partial charge is 0.488 e. The van der Waals surface area contributed by atoms with Crippen molar-refractivity contribution in [1.82, 2.24) is 4.90 Å². The number of fused-ring (bicyclic) bond motifs is 1. The molecule has 0 aromatic heterocycles.